The lowest BCUT2D eigenvalue weighted by Gasteiger charge is -2.40. The molecule has 1 saturated heterocycles. The minimum Gasteiger partial charge on any atom is -0.333 e. The number of H-pyrrole nitrogens is 1. The molecule has 0 bridgehead atoms. The molecular formula is C29H30F4N6O. The number of carbonyl (C=O) groups is 1. The van der Waals surface area contributed by atoms with Crippen LogP contribution >= 0.6 is 0 Å². The van der Waals surface area contributed by atoms with E-state index in [9.17, 15) is 22.4 Å². The summed E-state index contributed by atoms with van der Waals surface area (Å²) in [5, 5.41) is 2.81. The van der Waals surface area contributed by atoms with Gasteiger partial charge in [-0.05, 0) is 81.6 Å². The fourth-order valence-corrected chi connectivity index (χ4v) is 5.32. The number of anilines is 1. The van der Waals surface area contributed by atoms with Crippen molar-refractivity contribution >= 4 is 11.6 Å². The Morgan fingerprint density at radius 1 is 1.02 bits per heavy atom. The quantitative estimate of drug-likeness (QED) is 0.268. The molecule has 0 radical (unpaired) electrons. The Balaban J connectivity index is 1.35. The maximum Gasteiger partial charge on any atom is 0.406 e. The summed E-state index contributed by atoms with van der Waals surface area (Å²) >= 11 is 0. The van der Waals surface area contributed by atoms with Crippen LogP contribution in [0.3, 0.4) is 0 Å². The van der Waals surface area contributed by atoms with Crippen LogP contribution in [0, 0.1) is 5.82 Å². The van der Waals surface area contributed by atoms with E-state index in [1.165, 1.54) is 36.0 Å². The summed E-state index contributed by atoms with van der Waals surface area (Å²) in [5.74, 6) is -0.497. The monoisotopic (exact) mass is 554 g/mol. The molecule has 0 spiro atoms. The average molecular weight is 555 g/mol. The van der Waals surface area contributed by atoms with Gasteiger partial charge >= 0.3 is 6.18 Å². The van der Waals surface area contributed by atoms with Crippen LogP contribution in [0.25, 0.3) is 22.8 Å². The predicted molar refractivity (Wildman–Crippen MR) is 144 cm³/mol. The lowest BCUT2D eigenvalue weighted by molar-refractivity contribution is -0.140. The van der Waals surface area contributed by atoms with E-state index in [0.717, 1.165) is 23.7 Å². The van der Waals surface area contributed by atoms with Crippen molar-refractivity contribution in [3.63, 3.8) is 0 Å². The van der Waals surface area contributed by atoms with Gasteiger partial charge in [0.25, 0.3) is 5.91 Å². The Hall–Kier alpha value is -3.99. The molecular weight excluding hydrogens is 524 g/mol. The van der Waals surface area contributed by atoms with Gasteiger partial charge in [0.15, 0.2) is 5.82 Å². The van der Waals surface area contributed by atoms with Crippen molar-refractivity contribution in [2.24, 2.45) is 0 Å². The van der Waals surface area contributed by atoms with Gasteiger partial charge in [0.05, 0.1) is 18.2 Å². The van der Waals surface area contributed by atoms with Crippen molar-refractivity contribution in [3.05, 3.63) is 78.1 Å². The molecule has 5 rings (SSSR count). The van der Waals surface area contributed by atoms with Crippen molar-refractivity contribution < 1.29 is 22.4 Å². The fraction of sp³-hybridized carbons (Fsp3) is 0.345. The molecule has 4 aromatic rings. The van der Waals surface area contributed by atoms with Crippen LogP contribution in [0.4, 0.5) is 23.2 Å². The van der Waals surface area contributed by atoms with E-state index >= 15 is 0 Å². The molecule has 1 aliphatic rings. The van der Waals surface area contributed by atoms with Crippen LogP contribution in [0.1, 0.15) is 48.7 Å². The highest BCUT2D eigenvalue weighted by atomic mass is 19.4. The average Bonchev–Trinajstić information content (AvgIpc) is 3.54. The number of nitrogens with one attached hydrogen (secondary N) is 2. The van der Waals surface area contributed by atoms with Crippen molar-refractivity contribution in [3.8, 4) is 22.8 Å². The van der Waals surface area contributed by atoms with Gasteiger partial charge in [0, 0.05) is 23.3 Å². The third kappa shape index (κ3) is 5.94. The molecule has 210 valence electrons. The highest BCUT2D eigenvalue weighted by Crippen LogP contribution is 2.35. The van der Waals surface area contributed by atoms with Gasteiger partial charge in [-0.1, -0.05) is 12.1 Å². The Kier molecular flexibility index (Phi) is 7.50. The predicted octanol–water partition coefficient (Wildman–Crippen LogP) is 6.48. The zero-order valence-corrected chi connectivity index (χ0v) is 22.3. The fourth-order valence-electron chi connectivity index (χ4n) is 5.32. The van der Waals surface area contributed by atoms with Crippen molar-refractivity contribution in [1.82, 2.24) is 24.4 Å². The minimum absolute atomic E-state index is 0.0343. The van der Waals surface area contributed by atoms with E-state index in [-0.39, 0.29) is 22.9 Å². The van der Waals surface area contributed by atoms with E-state index in [1.54, 1.807) is 0 Å². The molecule has 2 N–H and O–H groups in total. The van der Waals surface area contributed by atoms with E-state index < -0.39 is 24.4 Å². The third-order valence-electron chi connectivity index (χ3n) is 7.63. The Bertz CT molecular complexity index is 1460. The highest BCUT2D eigenvalue weighted by molar-refractivity contribution is 6.03. The van der Waals surface area contributed by atoms with E-state index in [1.807, 2.05) is 24.3 Å². The number of halogens is 4. The van der Waals surface area contributed by atoms with Gasteiger partial charge < -0.3 is 19.8 Å². The number of likely N-dealkylation sites (tertiary alicyclic amines) is 1. The molecule has 1 fully saturated rings. The number of aromatic nitrogens is 4. The molecule has 2 aromatic carbocycles. The second-order valence-electron chi connectivity index (χ2n) is 10.4. The first-order valence-corrected chi connectivity index (χ1v) is 13.0. The van der Waals surface area contributed by atoms with Crippen LogP contribution in [0.15, 0.2) is 61.1 Å². The number of hydrogen-bond acceptors (Lipinski definition) is 4. The van der Waals surface area contributed by atoms with Gasteiger partial charge in [-0.2, -0.15) is 13.2 Å². The van der Waals surface area contributed by atoms with Crippen molar-refractivity contribution in [2.75, 3.05) is 12.4 Å². The number of imidazole rings is 2. The molecule has 11 heteroatoms. The number of carbonyl (C=O) groups excluding carboxylic acids is 1. The Labute approximate surface area is 229 Å². The zero-order chi connectivity index (χ0) is 28.6. The summed E-state index contributed by atoms with van der Waals surface area (Å²) in [6.45, 7) is 3.16. The summed E-state index contributed by atoms with van der Waals surface area (Å²) in [5.41, 5.74) is 2.51. The molecule has 1 amide bonds. The number of hydrogen-bond donors (Lipinski definition) is 2. The minimum atomic E-state index is -4.52. The summed E-state index contributed by atoms with van der Waals surface area (Å²) < 4.78 is 54.2. The molecule has 40 heavy (non-hydrogen) atoms. The van der Waals surface area contributed by atoms with Gasteiger partial charge in [0.2, 0.25) is 0 Å². The maximum atomic E-state index is 13.4. The SMILES string of the molecule is CC1CC(c2ccc(NC(=O)c3cnc(-c4c(-c5ccc(F)cc5)ncn4CC(F)(F)F)[nH]3)cc2)CC(C)N1C. The van der Waals surface area contributed by atoms with E-state index in [0.29, 0.717) is 29.3 Å². The topological polar surface area (TPSA) is 78.8 Å². The highest BCUT2D eigenvalue weighted by Gasteiger charge is 2.31. The van der Waals surface area contributed by atoms with E-state index in [2.05, 4.69) is 46.1 Å². The number of rotatable bonds is 6. The second-order valence-corrected chi connectivity index (χ2v) is 10.4. The second kappa shape index (κ2) is 10.9. The van der Waals surface area contributed by atoms with Crippen molar-refractivity contribution in [1.29, 1.82) is 0 Å². The molecule has 7 nitrogen and oxygen atoms in total. The van der Waals surface area contributed by atoms with Crippen LogP contribution in [0.2, 0.25) is 0 Å². The van der Waals surface area contributed by atoms with Gasteiger partial charge in [-0.25, -0.2) is 14.4 Å². The molecule has 1 aliphatic heterocycles. The van der Waals surface area contributed by atoms with Crippen molar-refractivity contribution in [2.45, 2.75) is 57.4 Å². The smallest absolute Gasteiger partial charge is 0.333 e. The summed E-state index contributed by atoms with van der Waals surface area (Å²) in [7, 11) is 2.15. The van der Waals surface area contributed by atoms with Crippen LogP contribution in [-0.2, 0) is 6.54 Å². The summed E-state index contributed by atoms with van der Waals surface area (Å²) in [6, 6.07) is 14.0. The molecule has 2 atom stereocenters. The van der Waals surface area contributed by atoms with Gasteiger partial charge in [-0.3, -0.25) is 4.79 Å². The van der Waals surface area contributed by atoms with Gasteiger partial charge in [0.1, 0.15) is 23.7 Å². The number of alkyl halides is 3. The molecule has 2 aromatic heterocycles. The third-order valence-corrected chi connectivity index (χ3v) is 7.63. The number of piperidine rings is 1. The largest absolute Gasteiger partial charge is 0.406 e. The van der Waals surface area contributed by atoms with E-state index in [4.69, 9.17) is 0 Å². The number of aromatic amines is 1. The zero-order valence-electron chi connectivity index (χ0n) is 22.3. The lowest BCUT2D eigenvalue weighted by atomic mass is 9.83. The molecule has 3 heterocycles. The molecule has 0 saturated carbocycles. The van der Waals surface area contributed by atoms with Gasteiger partial charge in [-0.15, -0.1) is 0 Å². The Morgan fingerprint density at radius 2 is 1.68 bits per heavy atom. The molecule has 2 unspecified atom stereocenters. The first kappa shape index (κ1) is 27.6. The molecule has 0 aliphatic carbocycles. The normalized spacial score (nSPS) is 20.0. The summed E-state index contributed by atoms with van der Waals surface area (Å²) in [6.07, 6.45) is -0.0718. The van der Waals surface area contributed by atoms with Crippen LogP contribution in [-0.4, -0.2) is 55.6 Å². The van der Waals surface area contributed by atoms with Crippen LogP contribution in [0.5, 0.6) is 0 Å². The number of benzene rings is 2. The first-order valence-electron chi connectivity index (χ1n) is 13.0. The number of amides is 1. The number of nitrogens with zero attached hydrogens (tertiary/aromatic N) is 4. The van der Waals surface area contributed by atoms with Crippen LogP contribution < -0.4 is 5.32 Å². The lowest BCUT2D eigenvalue weighted by Crippen LogP contribution is -2.43. The first-order chi connectivity index (χ1) is 19.0. The maximum absolute atomic E-state index is 13.4. The Morgan fingerprint density at radius 3 is 2.30 bits per heavy atom. The standard InChI is InChI=1S/C29H30F4N6O/c1-17-12-21(13-18(2)38(17)3)19-6-10-23(11-7-19)36-28(40)24-14-34-27(37-24)26-25(20-4-8-22(30)9-5-20)35-16-39(26)15-29(31,32)33/h4-11,14,16-18,21H,12-13,15H2,1-3H3,(H,34,37)(H,36,40). The summed E-state index contributed by atoms with van der Waals surface area (Å²) in [4.78, 5) is 26.5.